The first-order valence-corrected chi connectivity index (χ1v) is 9.49. The lowest BCUT2D eigenvalue weighted by atomic mass is 9.99. The van der Waals surface area contributed by atoms with Crippen molar-refractivity contribution < 1.29 is 13.9 Å². The molecule has 0 radical (unpaired) electrons. The van der Waals surface area contributed by atoms with Gasteiger partial charge in [-0.05, 0) is 42.7 Å². The van der Waals surface area contributed by atoms with Gasteiger partial charge in [-0.2, -0.15) is 0 Å². The first-order chi connectivity index (χ1) is 13.1. The fourth-order valence-electron chi connectivity index (χ4n) is 3.90. The third-order valence-electron chi connectivity index (χ3n) is 5.12. The number of fused-ring (bicyclic) bond motifs is 5. The van der Waals surface area contributed by atoms with Crippen molar-refractivity contribution in [2.75, 3.05) is 26.1 Å². The van der Waals surface area contributed by atoms with Crippen molar-refractivity contribution >= 4 is 28.0 Å². The number of furan rings is 1. The van der Waals surface area contributed by atoms with Gasteiger partial charge in [0.15, 0.2) is 17.7 Å². The molecule has 0 atom stereocenters. The highest BCUT2D eigenvalue weighted by molar-refractivity contribution is 6.06. The summed E-state index contributed by atoms with van der Waals surface area (Å²) in [7, 11) is 3.21. The van der Waals surface area contributed by atoms with E-state index < -0.39 is 0 Å². The molecule has 0 aromatic carbocycles. The Kier molecular flexibility index (Phi) is 4.97. The standard InChI is InChI=1S/C20H26N4O3/c1-11(2)8-14-12-6-5-7-13(12)16-17-18(27-20(16)24-14)19(23-10-22-17)21-9-15(25-3)26-4/h10-11,15H,5-9H2,1-4H3,(H,21,22,23). The highest BCUT2D eigenvalue weighted by Crippen LogP contribution is 2.38. The van der Waals surface area contributed by atoms with Crippen LogP contribution in [0.5, 0.6) is 0 Å². The van der Waals surface area contributed by atoms with Crippen LogP contribution in [0.1, 0.15) is 37.1 Å². The van der Waals surface area contributed by atoms with Gasteiger partial charge in [0.25, 0.3) is 0 Å². The monoisotopic (exact) mass is 370 g/mol. The maximum atomic E-state index is 6.15. The largest absolute Gasteiger partial charge is 0.432 e. The zero-order valence-corrected chi connectivity index (χ0v) is 16.3. The van der Waals surface area contributed by atoms with Crippen molar-refractivity contribution in [3.05, 3.63) is 23.1 Å². The molecule has 7 nitrogen and oxygen atoms in total. The molecule has 3 aromatic heterocycles. The number of nitrogens with zero attached hydrogens (tertiary/aromatic N) is 3. The highest BCUT2D eigenvalue weighted by atomic mass is 16.7. The quantitative estimate of drug-likeness (QED) is 0.638. The molecule has 1 aliphatic carbocycles. The number of nitrogens with one attached hydrogen (secondary N) is 1. The fourth-order valence-corrected chi connectivity index (χ4v) is 3.90. The molecular weight excluding hydrogens is 344 g/mol. The Morgan fingerprint density at radius 3 is 2.67 bits per heavy atom. The van der Waals surface area contributed by atoms with Crippen LogP contribution >= 0.6 is 0 Å². The van der Waals surface area contributed by atoms with E-state index in [0.717, 1.165) is 36.6 Å². The molecule has 7 heteroatoms. The highest BCUT2D eigenvalue weighted by Gasteiger charge is 2.25. The molecule has 1 aliphatic rings. The predicted octanol–water partition coefficient (Wildman–Crippen LogP) is 3.49. The van der Waals surface area contributed by atoms with Crippen molar-refractivity contribution in [1.29, 1.82) is 0 Å². The van der Waals surface area contributed by atoms with Gasteiger partial charge in [-0.1, -0.05) is 13.8 Å². The Morgan fingerprint density at radius 2 is 1.93 bits per heavy atom. The van der Waals surface area contributed by atoms with Crippen LogP contribution in [0.4, 0.5) is 5.82 Å². The number of ether oxygens (including phenoxy) is 2. The molecule has 27 heavy (non-hydrogen) atoms. The van der Waals surface area contributed by atoms with E-state index in [-0.39, 0.29) is 6.29 Å². The number of hydrogen-bond donors (Lipinski definition) is 1. The van der Waals surface area contributed by atoms with Gasteiger partial charge < -0.3 is 19.2 Å². The summed E-state index contributed by atoms with van der Waals surface area (Å²) < 4.78 is 16.6. The van der Waals surface area contributed by atoms with Crippen LogP contribution in [0, 0.1) is 5.92 Å². The zero-order chi connectivity index (χ0) is 19.0. The third-order valence-corrected chi connectivity index (χ3v) is 5.12. The molecule has 0 fully saturated rings. The van der Waals surface area contributed by atoms with Crippen molar-refractivity contribution in [1.82, 2.24) is 15.0 Å². The predicted molar refractivity (Wildman–Crippen MR) is 104 cm³/mol. The van der Waals surface area contributed by atoms with Crippen LogP contribution in [0.25, 0.3) is 22.2 Å². The molecule has 3 heterocycles. The maximum absolute atomic E-state index is 6.15. The van der Waals surface area contributed by atoms with Crippen LogP contribution in [-0.2, 0) is 28.7 Å². The second-order valence-corrected chi connectivity index (χ2v) is 7.43. The second kappa shape index (κ2) is 7.40. The Bertz CT molecular complexity index is 963. The van der Waals surface area contributed by atoms with Crippen molar-refractivity contribution in [2.24, 2.45) is 5.92 Å². The molecule has 0 saturated heterocycles. The summed E-state index contributed by atoms with van der Waals surface area (Å²) >= 11 is 0. The van der Waals surface area contributed by atoms with Crippen LogP contribution in [0.2, 0.25) is 0 Å². The molecular formula is C20H26N4O3. The van der Waals surface area contributed by atoms with Gasteiger partial charge in [-0.15, -0.1) is 0 Å². The lowest BCUT2D eigenvalue weighted by Gasteiger charge is -2.14. The summed E-state index contributed by atoms with van der Waals surface area (Å²) in [6, 6.07) is 0. The summed E-state index contributed by atoms with van der Waals surface area (Å²) in [5.74, 6) is 1.19. The van der Waals surface area contributed by atoms with Gasteiger partial charge in [-0.25, -0.2) is 15.0 Å². The number of anilines is 1. The van der Waals surface area contributed by atoms with Crippen molar-refractivity contribution in [3.8, 4) is 0 Å². The van der Waals surface area contributed by atoms with E-state index in [0.29, 0.717) is 29.6 Å². The Morgan fingerprint density at radius 1 is 1.15 bits per heavy atom. The number of hydrogen-bond acceptors (Lipinski definition) is 7. The zero-order valence-electron chi connectivity index (χ0n) is 16.3. The topological polar surface area (TPSA) is 82.3 Å². The van der Waals surface area contributed by atoms with Crippen molar-refractivity contribution in [3.63, 3.8) is 0 Å². The van der Waals surface area contributed by atoms with E-state index in [1.807, 2.05) is 0 Å². The number of rotatable bonds is 7. The summed E-state index contributed by atoms with van der Waals surface area (Å²) in [5, 5.41) is 4.29. The van der Waals surface area contributed by atoms with Crippen molar-refractivity contribution in [2.45, 2.75) is 45.8 Å². The minimum absolute atomic E-state index is 0.362. The first kappa shape index (κ1) is 18.1. The fraction of sp³-hybridized carbons (Fsp3) is 0.550. The number of pyridine rings is 1. The smallest absolute Gasteiger partial charge is 0.229 e. The Labute approximate surface area is 158 Å². The molecule has 0 spiro atoms. The molecule has 1 N–H and O–H groups in total. The Balaban J connectivity index is 1.82. The van der Waals surface area contributed by atoms with E-state index >= 15 is 0 Å². The van der Waals surface area contributed by atoms with Crippen LogP contribution in [0.3, 0.4) is 0 Å². The molecule has 0 unspecified atom stereocenters. The van der Waals surface area contributed by atoms with Crippen LogP contribution in [-0.4, -0.2) is 42.0 Å². The molecule has 3 aromatic rings. The average molecular weight is 370 g/mol. The van der Waals surface area contributed by atoms with Gasteiger partial charge in [0.1, 0.15) is 11.8 Å². The summed E-state index contributed by atoms with van der Waals surface area (Å²) in [6.07, 6.45) is 5.47. The minimum atomic E-state index is -0.362. The molecule has 0 aliphatic heterocycles. The van der Waals surface area contributed by atoms with Gasteiger partial charge in [0.2, 0.25) is 5.71 Å². The van der Waals surface area contributed by atoms with Gasteiger partial charge >= 0.3 is 0 Å². The molecule has 144 valence electrons. The van der Waals surface area contributed by atoms with E-state index in [1.165, 1.54) is 16.8 Å². The van der Waals surface area contributed by atoms with Gasteiger partial charge in [0.05, 0.1) is 11.9 Å². The van der Waals surface area contributed by atoms with E-state index in [4.69, 9.17) is 18.9 Å². The summed E-state index contributed by atoms with van der Waals surface area (Å²) in [6.45, 7) is 4.91. The normalized spacial score (nSPS) is 14.0. The number of aromatic nitrogens is 3. The third kappa shape index (κ3) is 3.26. The van der Waals surface area contributed by atoms with E-state index in [1.54, 1.807) is 20.5 Å². The van der Waals surface area contributed by atoms with Gasteiger partial charge in [-0.3, -0.25) is 0 Å². The molecule has 4 rings (SSSR count). The molecule has 0 bridgehead atoms. The maximum Gasteiger partial charge on any atom is 0.229 e. The lowest BCUT2D eigenvalue weighted by molar-refractivity contribution is -0.0914. The number of methoxy groups -OCH3 is 2. The van der Waals surface area contributed by atoms with E-state index in [2.05, 4.69) is 29.1 Å². The number of aryl methyl sites for hydroxylation is 1. The summed E-state index contributed by atoms with van der Waals surface area (Å²) in [5.41, 5.74) is 6.05. The molecule has 0 saturated carbocycles. The molecule has 0 amide bonds. The van der Waals surface area contributed by atoms with Crippen LogP contribution in [0.15, 0.2) is 10.7 Å². The second-order valence-electron chi connectivity index (χ2n) is 7.43. The summed E-state index contributed by atoms with van der Waals surface area (Å²) in [4.78, 5) is 13.8. The lowest BCUT2D eigenvalue weighted by Crippen LogP contribution is -2.24. The van der Waals surface area contributed by atoms with E-state index in [9.17, 15) is 0 Å². The minimum Gasteiger partial charge on any atom is -0.432 e. The SMILES string of the molecule is COC(CNc1ncnc2c1oc1nc(CC(C)C)c3c(c12)CCC3)OC. The Hall–Kier alpha value is -2.25. The van der Waals surface area contributed by atoms with Crippen LogP contribution < -0.4 is 5.32 Å². The average Bonchev–Trinajstić information content (AvgIpc) is 3.26. The van der Waals surface area contributed by atoms with Gasteiger partial charge in [0, 0.05) is 19.9 Å². The first-order valence-electron chi connectivity index (χ1n) is 9.49.